The van der Waals surface area contributed by atoms with Crippen molar-refractivity contribution in [2.75, 3.05) is 30.3 Å². The molecule has 0 amide bonds. The van der Waals surface area contributed by atoms with E-state index in [1.54, 1.807) is 6.20 Å². The number of nitrogens with zero attached hydrogens (tertiary/aromatic N) is 4. The van der Waals surface area contributed by atoms with Gasteiger partial charge in [0.2, 0.25) is 5.95 Å². The number of nitrogens with one attached hydrogen (secondary N) is 1. The fraction of sp³-hybridized carbons (Fsp3) is 0.545. The topological polar surface area (TPSA) is 104 Å². The number of nitrogens with two attached hydrogens (primary N) is 1. The number of hydrogen-bond donors (Lipinski definition) is 3. The second-order valence-electron chi connectivity index (χ2n) is 4.65. The number of hydrogen-bond acceptors (Lipinski definition) is 6. The summed E-state index contributed by atoms with van der Waals surface area (Å²) in [7, 11) is 0. The van der Waals surface area contributed by atoms with Crippen LogP contribution in [0.5, 0.6) is 0 Å². The largest absolute Gasteiger partial charge is 0.396 e. The molecule has 18 heavy (non-hydrogen) atoms. The van der Waals surface area contributed by atoms with Gasteiger partial charge in [-0.25, -0.2) is 0 Å². The molecule has 0 bridgehead atoms. The molecule has 0 spiro atoms. The average molecular weight is 248 g/mol. The molecular weight excluding hydrogens is 232 g/mol. The number of piperidine rings is 1. The summed E-state index contributed by atoms with van der Waals surface area (Å²) in [5, 5.41) is 16.8. The molecule has 96 valence electrons. The van der Waals surface area contributed by atoms with Gasteiger partial charge in [0.25, 0.3) is 0 Å². The van der Waals surface area contributed by atoms with Crippen LogP contribution in [0.25, 0.3) is 11.0 Å². The van der Waals surface area contributed by atoms with Gasteiger partial charge < -0.3 is 15.7 Å². The molecule has 2 aromatic heterocycles. The van der Waals surface area contributed by atoms with Crippen LogP contribution in [0.15, 0.2) is 6.20 Å². The summed E-state index contributed by atoms with van der Waals surface area (Å²) in [5.41, 5.74) is 6.38. The normalized spacial score (nSPS) is 17.5. The summed E-state index contributed by atoms with van der Waals surface area (Å²) >= 11 is 0. The molecule has 3 heterocycles. The van der Waals surface area contributed by atoms with Gasteiger partial charge in [0.15, 0.2) is 5.65 Å². The predicted molar refractivity (Wildman–Crippen MR) is 68.1 cm³/mol. The summed E-state index contributed by atoms with van der Waals surface area (Å²) < 4.78 is 0. The maximum atomic E-state index is 9.15. The number of aromatic amines is 1. The lowest BCUT2D eigenvalue weighted by atomic mass is 9.98. The van der Waals surface area contributed by atoms with E-state index in [4.69, 9.17) is 10.8 Å². The van der Waals surface area contributed by atoms with Gasteiger partial charge in [-0.1, -0.05) is 0 Å². The van der Waals surface area contributed by atoms with Crippen molar-refractivity contribution in [1.29, 1.82) is 0 Å². The molecule has 7 heteroatoms. The first-order valence-electron chi connectivity index (χ1n) is 6.10. The van der Waals surface area contributed by atoms with E-state index in [-0.39, 0.29) is 12.6 Å². The van der Waals surface area contributed by atoms with Crippen LogP contribution >= 0.6 is 0 Å². The third-order valence-corrected chi connectivity index (χ3v) is 3.48. The molecule has 0 saturated carbocycles. The van der Waals surface area contributed by atoms with E-state index < -0.39 is 0 Å². The highest BCUT2D eigenvalue weighted by Crippen LogP contribution is 2.27. The van der Waals surface area contributed by atoms with Crippen LogP contribution in [0.4, 0.5) is 11.8 Å². The highest BCUT2D eigenvalue weighted by Gasteiger charge is 2.22. The van der Waals surface area contributed by atoms with Crippen LogP contribution in [0.2, 0.25) is 0 Å². The van der Waals surface area contributed by atoms with E-state index in [9.17, 15) is 0 Å². The molecule has 0 radical (unpaired) electrons. The van der Waals surface area contributed by atoms with E-state index in [0.717, 1.165) is 37.1 Å². The van der Waals surface area contributed by atoms with Gasteiger partial charge in [-0.15, -0.1) is 0 Å². The molecule has 1 aliphatic rings. The Morgan fingerprint density at radius 1 is 1.39 bits per heavy atom. The zero-order valence-corrected chi connectivity index (χ0v) is 10.0. The molecule has 0 atom stereocenters. The van der Waals surface area contributed by atoms with Gasteiger partial charge in [0, 0.05) is 19.7 Å². The predicted octanol–water partition coefficient (Wildman–Crippen LogP) is 0.144. The number of fused-ring (bicyclic) bond motifs is 1. The molecule has 1 fully saturated rings. The standard InChI is InChI=1S/C11H16N6O/c12-11-14-9-8(5-13-16-9)10(15-11)17-3-1-7(6-18)2-4-17/h5,7,18H,1-4,6H2,(H3,12,13,14,15,16). The second-order valence-corrected chi connectivity index (χ2v) is 4.65. The second kappa shape index (κ2) is 4.41. The van der Waals surface area contributed by atoms with E-state index >= 15 is 0 Å². The fourth-order valence-electron chi connectivity index (χ4n) is 2.40. The quantitative estimate of drug-likeness (QED) is 0.698. The Bertz CT molecular complexity index is 545. The first kappa shape index (κ1) is 11.2. The third kappa shape index (κ3) is 1.86. The van der Waals surface area contributed by atoms with E-state index in [2.05, 4.69) is 25.1 Å². The Labute approximate surface area is 104 Å². The van der Waals surface area contributed by atoms with Crippen LogP contribution in [0, 0.1) is 5.92 Å². The molecule has 4 N–H and O–H groups in total. The van der Waals surface area contributed by atoms with Crippen LogP contribution in [0.1, 0.15) is 12.8 Å². The summed E-state index contributed by atoms with van der Waals surface area (Å²) in [6.45, 7) is 2.02. The van der Waals surface area contributed by atoms with Crippen molar-refractivity contribution >= 4 is 22.8 Å². The highest BCUT2D eigenvalue weighted by atomic mass is 16.3. The zero-order chi connectivity index (χ0) is 12.5. The summed E-state index contributed by atoms with van der Waals surface area (Å²) in [6.07, 6.45) is 3.67. The van der Waals surface area contributed by atoms with Gasteiger partial charge >= 0.3 is 0 Å². The molecule has 0 unspecified atom stereocenters. The minimum atomic E-state index is 0.256. The fourth-order valence-corrected chi connectivity index (χ4v) is 2.40. The minimum Gasteiger partial charge on any atom is -0.396 e. The Morgan fingerprint density at radius 2 is 2.17 bits per heavy atom. The maximum absolute atomic E-state index is 9.15. The molecular formula is C11H16N6O. The van der Waals surface area contributed by atoms with Crippen molar-refractivity contribution in [1.82, 2.24) is 20.2 Å². The number of rotatable bonds is 2. The zero-order valence-electron chi connectivity index (χ0n) is 10.0. The average Bonchev–Trinajstić information content (AvgIpc) is 2.86. The number of anilines is 2. The Morgan fingerprint density at radius 3 is 2.89 bits per heavy atom. The first-order valence-corrected chi connectivity index (χ1v) is 6.10. The summed E-state index contributed by atoms with van der Waals surface area (Å²) in [5.74, 6) is 1.49. The van der Waals surface area contributed by atoms with Gasteiger partial charge in [-0.05, 0) is 18.8 Å². The number of aliphatic hydroxyl groups excluding tert-OH is 1. The van der Waals surface area contributed by atoms with Crippen molar-refractivity contribution in [3.05, 3.63) is 6.20 Å². The third-order valence-electron chi connectivity index (χ3n) is 3.48. The van der Waals surface area contributed by atoms with Crippen molar-refractivity contribution in [3.8, 4) is 0 Å². The number of nitrogen functional groups attached to an aromatic ring is 1. The van der Waals surface area contributed by atoms with Crippen molar-refractivity contribution in [2.24, 2.45) is 5.92 Å². The molecule has 1 saturated heterocycles. The number of H-pyrrole nitrogens is 1. The molecule has 1 aliphatic heterocycles. The first-order chi connectivity index (χ1) is 8.78. The van der Waals surface area contributed by atoms with Gasteiger partial charge in [0.05, 0.1) is 11.6 Å². The van der Waals surface area contributed by atoms with Crippen LogP contribution < -0.4 is 10.6 Å². The van der Waals surface area contributed by atoms with Gasteiger partial charge in [-0.3, -0.25) is 5.10 Å². The lowest BCUT2D eigenvalue weighted by Gasteiger charge is -2.32. The lowest BCUT2D eigenvalue weighted by molar-refractivity contribution is 0.203. The van der Waals surface area contributed by atoms with Crippen LogP contribution in [0.3, 0.4) is 0 Å². The van der Waals surface area contributed by atoms with Crippen molar-refractivity contribution in [3.63, 3.8) is 0 Å². The highest BCUT2D eigenvalue weighted by molar-refractivity contribution is 5.87. The smallest absolute Gasteiger partial charge is 0.224 e. The van der Waals surface area contributed by atoms with E-state index in [1.807, 2.05) is 0 Å². The Kier molecular flexibility index (Phi) is 2.75. The van der Waals surface area contributed by atoms with Crippen LogP contribution in [-0.2, 0) is 0 Å². The molecule has 3 rings (SSSR count). The van der Waals surface area contributed by atoms with Gasteiger partial charge in [0.1, 0.15) is 5.82 Å². The van der Waals surface area contributed by atoms with E-state index in [1.165, 1.54) is 0 Å². The monoisotopic (exact) mass is 248 g/mol. The molecule has 0 aliphatic carbocycles. The van der Waals surface area contributed by atoms with E-state index in [0.29, 0.717) is 11.6 Å². The minimum absolute atomic E-state index is 0.256. The summed E-state index contributed by atoms with van der Waals surface area (Å²) in [6, 6.07) is 0. The SMILES string of the molecule is Nc1nc(N2CCC(CO)CC2)c2cn[nH]c2n1. The van der Waals surface area contributed by atoms with Crippen molar-refractivity contribution in [2.45, 2.75) is 12.8 Å². The molecule has 2 aromatic rings. The Balaban J connectivity index is 1.92. The maximum Gasteiger partial charge on any atom is 0.224 e. The number of aliphatic hydroxyl groups is 1. The summed E-state index contributed by atoms with van der Waals surface area (Å²) in [4.78, 5) is 10.6. The van der Waals surface area contributed by atoms with Crippen molar-refractivity contribution < 1.29 is 5.11 Å². The number of aromatic nitrogens is 4. The lowest BCUT2D eigenvalue weighted by Crippen LogP contribution is -2.35. The Hall–Kier alpha value is -1.89. The van der Waals surface area contributed by atoms with Crippen LogP contribution in [-0.4, -0.2) is 45.0 Å². The van der Waals surface area contributed by atoms with Gasteiger partial charge in [-0.2, -0.15) is 15.1 Å². The molecule has 7 nitrogen and oxygen atoms in total. The molecule has 0 aromatic carbocycles.